The lowest BCUT2D eigenvalue weighted by atomic mass is 9.67. The van der Waals surface area contributed by atoms with Gasteiger partial charge in [-0.2, -0.15) is 0 Å². The van der Waals surface area contributed by atoms with Gasteiger partial charge in [0, 0.05) is 0 Å². The van der Waals surface area contributed by atoms with Crippen molar-refractivity contribution in [3.05, 3.63) is 71.8 Å². The summed E-state index contributed by atoms with van der Waals surface area (Å²) in [5.41, 5.74) is -0.223. The van der Waals surface area contributed by atoms with Gasteiger partial charge in [-0.1, -0.05) is 79.9 Å². The first-order chi connectivity index (χ1) is 11.6. The van der Waals surface area contributed by atoms with Gasteiger partial charge in [-0.05, 0) is 29.9 Å². The average Bonchev–Trinajstić information content (AvgIpc) is 2.64. The van der Waals surface area contributed by atoms with Crippen molar-refractivity contribution in [3.63, 3.8) is 0 Å². The van der Waals surface area contributed by atoms with Crippen LogP contribution in [0.15, 0.2) is 60.7 Å². The Labute approximate surface area is 143 Å². The van der Waals surface area contributed by atoms with Crippen LogP contribution in [-0.4, -0.2) is 16.2 Å². The predicted molar refractivity (Wildman–Crippen MR) is 93.6 cm³/mol. The largest absolute Gasteiger partial charge is 0.481 e. The minimum atomic E-state index is -1.52. The van der Waals surface area contributed by atoms with Gasteiger partial charge in [0.05, 0.1) is 5.92 Å². The summed E-state index contributed by atoms with van der Waals surface area (Å²) in [6.45, 7) is 0. The van der Waals surface area contributed by atoms with Gasteiger partial charge in [-0.3, -0.25) is 4.79 Å². The minimum absolute atomic E-state index is 0.0123. The van der Waals surface area contributed by atoms with Crippen molar-refractivity contribution < 1.29 is 15.0 Å². The molecule has 126 valence electrons. The van der Waals surface area contributed by atoms with Crippen LogP contribution in [0.25, 0.3) is 0 Å². The Kier molecular flexibility index (Phi) is 5.00. The van der Waals surface area contributed by atoms with Gasteiger partial charge in [-0.25, -0.2) is 0 Å². The molecule has 1 saturated carbocycles. The van der Waals surface area contributed by atoms with Gasteiger partial charge in [0.2, 0.25) is 0 Å². The van der Waals surface area contributed by atoms with E-state index in [4.69, 9.17) is 0 Å². The zero-order valence-electron chi connectivity index (χ0n) is 13.8. The lowest BCUT2D eigenvalue weighted by molar-refractivity contribution is -0.155. The van der Waals surface area contributed by atoms with Crippen molar-refractivity contribution in [2.45, 2.75) is 37.7 Å². The Balaban J connectivity index is 2.13. The van der Waals surface area contributed by atoms with E-state index in [2.05, 4.69) is 0 Å². The number of rotatable bonds is 5. The first kappa shape index (κ1) is 16.7. The van der Waals surface area contributed by atoms with E-state index in [1.165, 1.54) is 0 Å². The smallest absolute Gasteiger partial charge is 0.310 e. The minimum Gasteiger partial charge on any atom is -0.481 e. The summed E-state index contributed by atoms with van der Waals surface area (Å²) in [5, 5.41) is 21.8. The van der Waals surface area contributed by atoms with Crippen molar-refractivity contribution >= 4 is 5.97 Å². The molecule has 0 saturated heterocycles. The fourth-order valence-corrected chi connectivity index (χ4v) is 4.10. The van der Waals surface area contributed by atoms with Crippen LogP contribution in [0, 0.1) is 11.8 Å². The maximum Gasteiger partial charge on any atom is 0.310 e. The monoisotopic (exact) mass is 324 g/mol. The second kappa shape index (κ2) is 7.18. The highest BCUT2D eigenvalue weighted by atomic mass is 16.4. The number of hydrogen-bond donors (Lipinski definition) is 2. The maximum atomic E-state index is 12.2. The highest BCUT2D eigenvalue weighted by Crippen LogP contribution is 2.45. The van der Waals surface area contributed by atoms with Crippen molar-refractivity contribution in [1.29, 1.82) is 0 Å². The summed E-state index contributed by atoms with van der Waals surface area (Å²) in [4.78, 5) is 12.2. The van der Waals surface area contributed by atoms with Crippen molar-refractivity contribution in [2.24, 2.45) is 11.8 Å². The second-order valence-electron chi connectivity index (χ2n) is 6.71. The number of carboxylic acid groups (broad SMARTS) is 1. The van der Waals surface area contributed by atoms with Crippen LogP contribution in [0.2, 0.25) is 0 Å². The third kappa shape index (κ3) is 3.09. The Hall–Kier alpha value is -2.13. The first-order valence-corrected chi connectivity index (χ1v) is 8.70. The normalized spacial score (nSPS) is 17.4. The molecule has 1 fully saturated rings. The summed E-state index contributed by atoms with van der Waals surface area (Å²) < 4.78 is 0. The van der Waals surface area contributed by atoms with E-state index < -0.39 is 17.5 Å². The molecular weight excluding hydrogens is 300 g/mol. The van der Waals surface area contributed by atoms with Crippen molar-refractivity contribution in [1.82, 2.24) is 0 Å². The SMILES string of the molecule is O=C(O)[C@@H](C1CCCCC1)C(O)(c1ccccc1)c1ccccc1. The average molecular weight is 324 g/mol. The number of hydrogen-bond acceptors (Lipinski definition) is 2. The fraction of sp³-hybridized carbons (Fsp3) is 0.381. The molecule has 3 nitrogen and oxygen atoms in total. The standard InChI is InChI=1S/C21H24O3/c22-20(23)19(16-10-4-1-5-11-16)21(24,17-12-6-2-7-13-17)18-14-8-3-9-15-18/h2-3,6-9,12-16,19,24H,1,4-5,10-11H2,(H,22,23)/t19-/m1/s1. The zero-order chi connectivity index (χ0) is 17.0. The molecule has 0 heterocycles. The van der Waals surface area contributed by atoms with Gasteiger partial charge in [0.1, 0.15) is 5.60 Å². The summed E-state index contributed by atoms with van der Waals surface area (Å²) in [6.07, 6.45) is 4.94. The highest BCUT2D eigenvalue weighted by molar-refractivity contribution is 5.74. The van der Waals surface area contributed by atoms with Gasteiger partial charge in [-0.15, -0.1) is 0 Å². The van der Waals surface area contributed by atoms with E-state index in [-0.39, 0.29) is 5.92 Å². The van der Waals surface area contributed by atoms with Gasteiger partial charge < -0.3 is 10.2 Å². The zero-order valence-corrected chi connectivity index (χ0v) is 13.8. The van der Waals surface area contributed by atoms with E-state index in [1.54, 1.807) is 0 Å². The molecule has 0 unspecified atom stereocenters. The number of aliphatic hydroxyl groups is 1. The number of carboxylic acids is 1. The van der Waals surface area contributed by atoms with Crippen LogP contribution in [0.5, 0.6) is 0 Å². The molecular formula is C21H24O3. The summed E-state index contributed by atoms with van der Waals surface area (Å²) >= 11 is 0. The lowest BCUT2D eigenvalue weighted by Crippen LogP contribution is -2.45. The van der Waals surface area contributed by atoms with Gasteiger partial charge >= 0.3 is 5.97 Å². The number of benzene rings is 2. The molecule has 0 bridgehead atoms. The van der Waals surface area contributed by atoms with Crippen LogP contribution in [-0.2, 0) is 10.4 Å². The molecule has 1 aliphatic carbocycles. The maximum absolute atomic E-state index is 12.2. The Morgan fingerprint density at radius 3 is 1.75 bits per heavy atom. The van der Waals surface area contributed by atoms with Crippen LogP contribution >= 0.6 is 0 Å². The summed E-state index contributed by atoms with van der Waals surface area (Å²) in [6, 6.07) is 18.5. The Morgan fingerprint density at radius 2 is 1.33 bits per heavy atom. The predicted octanol–water partition coefficient (Wildman–Crippen LogP) is 4.20. The molecule has 0 radical (unpaired) electrons. The molecule has 1 aliphatic rings. The van der Waals surface area contributed by atoms with E-state index in [9.17, 15) is 15.0 Å². The Bertz CT molecular complexity index is 620. The quantitative estimate of drug-likeness (QED) is 0.866. The van der Waals surface area contributed by atoms with E-state index >= 15 is 0 Å². The van der Waals surface area contributed by atoms with Gasteiger partial charge in [0.25, 0.3) is 0 Å². The van der Waals surface area contributed by atoms with Crippen LogP contribution in [0.4, 0.5) is 0 Å². The topological polar surface area (TPSA) is 57.5 Å². The molecule has 3 rings (SSSR count). The molecule has 0 aromatic heterocycles. The molecule has 3 heteroatoms. The molecule has 2 aromatic rings. The van der Waals surface area contributed by atoms with Crippen molar-refractivity contribution in [3.8, 4) is 0 Å². The third-order valence-electron chi connectivity index (χ3n) is 5.27. The second-order valence-corrected chi connectivity index (χ2v) is 6.71. The van der Waals surface area contributed by atoms with Crippen LogP contribution in [0.3, 0.4) is 0 Å². The first-order valence-electron chi connectivity index (χ1n) is 8.70. The molecule has 0 aliphatic heterocycles. The third-order valence-corrected chi connectivity index (χ3v) is 5.27. The molecule has 24 heavy (non-hydrogen) atoms. The van der Waals surface area contributed by atoms with Crippen LogP contribution in [0.1, 0.15) is 43.2 Å². The van der Waals surface area contributed by atoms with Crippen molar-refractivity contribution in [2.75, 3.05) is 0 Å². The molecule has 0 amide bonds. The summed E-state index contributed by atoms with van der Waals surface area (Å²) in [7, 11) is 0. The molecule has 1 atom stereocenters. The van der Waals surface area contributed by atoms with E-state index in [1.807, 2.05) is 60.7 Å². The van der Waals surface area contributed by atoms with Crippen LogP contribution < -0.4 is 0 Å². The molecule has 2 N–H and O–H groups in total. The number of aliphatic carboxylic acids is 1. The summed E-state index contributed by atoms with van der Waals surface area (Å²) in [5.74, 6) is -1.78. The Morgan fingerprint density at radius 1 is 0.875 bits per heavy atom. The number of carbonyl (C=O) groups is 1. The fourth-order valence-electron chi connectivity index (χ4n) is 4.10. The van der Waals surface area contributed by atoms with E-state index in [0.29, 0.717) is 11.1 Å². The molecule has 0 spiro atoms. The van der Waals surface area contributed by atoms with E-state index in [0.717, 1.165) is 32.1 Å². The highest BCUT2D eigenvalue weighted by Gasteiger charge is 2.48. The van der Waals surface area contributed by atoms with Gasteiger partial charge in [0.15, 0.2) is 0 Å². The lowest BCUT2D eigenvalue weighted by Gasteiger charge is -2.40. The molecule has 2 aromatic carbocycles.